The molecule has 1 N–H and O–H groups in total. The molecule has 1 fully saturated rings. The van der Waals surface area contributed by atoms with Crippen molar-refractivity contribution >= 4 is 27.5 Å². The van der Waals surface area contributed by atoms with Gasteiger partial charge in [-0.1, -0.05) is 79.1 Å². The van der Waals surface area contributed by atoms with Gasteiger partial charge < -0.3 is 15.0 Å². The summed E-state index contributed by atoms with van der Waals surface area (Å²) in [7, 11) is -2.60. The van der Waals surface area contributed by atoms with Crippen LogP contribution in [0.5, 0.6) is 5.75 Å². The Morgan fingerprint density at radius 3 is 2.10 bits per heavy atom. The molecule has 48 heavy (non-hydrogen) atoms. The Morgan fingerprint density at radius 1 is 0.812 bits per heavy atom. The molecular weight excluding hydrogens is 623 g/mol. The molecule has 8 nitrogen and oxygen atoms in total. The Morgan fingerprint density at radius 2 is 1.46 bits per heavy atom. The number of nitrogens with one attached hydrogen (secondary N) is 1. The van der Waals surface area contributed by atoms with Crippen LogP contribution in [0, 0.1) is 20.8 Å². The molecule has 0 saturated heterocycles. The monoisotopic (exact) mass is 667 g/mol. The molecule has 0 aromatic heterocycles. The number of sulfonamides is 1. The zero-order valence-electron chi connectivity index (χ0n) is 28.2. The normalized spacial score (nSPS) is 13.9. The van der Waals surface area contributed by atoms with E-state index < -0.39 is 28.5 Å². The Labute approximate surface area is 284 Å². The number of ether oxygens (including phenoxy) is 1. The maximum Gasteiger partial charge on any atom is 0.264 e. The smallest absolute Gasteiger partial charge is 0.264 e. The topological polar surface area (TPSA) is 96.0 Å². The summed E-state index contributed by atoms with van der Waals surface area (Å²) >= 11 is 0. The number of hydrogen-bond donors (Lipinski definition) is 1. The van der Waals surface area contributed by atoms with E-state index in [0.717, 1.165) is 53.5 Å². The van der Waals surface area contributed by atoms with Crippen LogP contribution in [0.3, 0.4) is 0 Å². The number of nitrogens with zero attached hydrogens (tertiary/aromatic N) is 2. The fraction of sp³-hybridized carbons (Fsp3) is 0.333. The molecule has 9 heteroatoms. The van der Waals surface area contributed by atoms with Gasteiger partial charge in [0.15, 0.2) is 0 Å². The van der Waals surface area contributed by atoms with Gasteiger partial charge in [-0.3, -0.25) is 13.9 Å². The number of carbonyl (C=O) groups excluding carboxylic acids is 2. The molecule has 252 valence electrons. The average molecular weight is 668 g/mol. The lowest BCUT2D eigenvalue weighted by Crippen LogP contribution is -2.54. The quantitative estimate of drug-likeness (QED) is 0.175. The van der Waals surface area contributed by atoms with Gasteiger partial charge in [0.25, 0.3) is 10.0 Å². The second-order valence-corrected chi connectivity index (χ2v) is 14.6. The molecule has 0 bridgehead atoms. The van der Waals surface area contributed by atoms with Crippen LogP contribution in [0.25, 0.3) is 0 Å². The van der Waals surface area contributed by atoms with Crippen molar-refractivity contribution in [3.05, 3.63) is 125 Å². The first-order valence-electron chi connectivity index (χ1n) is 16.5. The van der Waals surface area contributed by atoms with E-state index >= 15 is 0 Å². The number of benzene rings is 4. The van der Waals surface area contributed by atoms with Gasteiger partial charge in [0.1, 0.15) is 18.3 Å². The SMILES string of the molecule is COc1cccc(CN(C(=O)CN(c2cc(C)cc(C)c2)S(=O)(=O)c2ccc(C)cc2)C(Cc2ccccc2)C(=O)NC2CCCC2)c1. The van der Waals surface area contributed by atoms with Crippen LogP contribution in [0.2, 0.25) is 0 Å². The van der Waals surface area contributed by atoms with Crippen molar-refractivity contribution in [1.82, 2.24) is 10.2 Å². The third-order valence-corrected chi connectivity index (χ3v) is 10.6. The molecule has 1 aliphatic rings. The lowest BCUT2D eigenvalue weighted by molar-refractivity contribution is -0.140. The maximum absolute atomic E-state index is 14.8. The van der Waals surface area contributed by atoms with Gasteiger partial charge in [0.2, 0.25) is 11.8 Å². The predicted molar refractivity (Wildman–Crippen MR) is 190 cm³/mol. The van der Waals surface area contributed by atoms with Gasteiger partial charge in [-0.05, 0) is 92.3 Å². The first kappa shape index (κ1) is 34.7. The van der Waals surface area contributed by atoms with Crippen molar-refractivity contribution in [2.45, 2.75) is 76.4 Å². The Balaban J connectivity index is 1.59. The third kappa shape index (κ3) is 8.63. The van der Waals surface area contributed by atoms with Crippen LogP contribution in [0.1, 0.15) is 53.5 Å². The van der Waals surface area contributed by atoms with E-state index in [9.17, 15) is 18.0 Å². The summed E-state index contributed by atoms with van der Waals surface area (Å²) in [6.07, 6.45) is 4.14. The number of anilines is 1. The van der Waals surface area contributed by atoms with Crippen LogP contribution in [-0.2, 0) is 32.6 Å². The van der Waals surface area contributed by atoms with Gasteiger partial charge >= 0.3 is 0 Å². The van der Waals surface area contributed by atoms with E-state index in [2.05, 4.69) is 5.32 Å². The summed E-state index contributed by atoms with van der Waals surface area (Å²) in [4.78, 5) is 30.6. The number of rotatable bonds is 13. The molecule has 2 amide bonds. The first-order chi connectivity index (χ1) is 23.0. The van der Waals surface area contributed by atoms with Gasteiger partial charge in [-0.25, -0.2) is 8.42 Å². The van der Waals surface area contributed by atoms with E-state index in [-0.39, 0.29) is 29.8 Å². The molecule has 5 rings (SSSR count). The van der Waals surface area contributed by atoms with Crippen molar-refractivity contribution in [3.63, 3.8) is 0 Å². The van der Waals surface area contributed by atoms with Crippen LogP contribution in [0.4, 0.5) is 5.69 Å². The molecule has 0 spiro atoms. The standard InChI is InChI=1S/C39H45N3O5S/c1-28-17-19-36(20-18-28)48(45,46)42(34-22-29(2)21-30(3)23-34)27-38(43)41(26-32-13-10-16-35(24-32)47-4)37(25-31-11-6-5-7-12-31)39(44)40-33-14-8-9-15-33/h5-7,10-13,16-24,33,37H,8-9,14-15,25-27H2,1-4H3,(H,40,44). The largest absolute Gasteiger partial charge is 0.497 e. The van der Waals surface area contributed by atoms with Crippen molar-refractivity contribution < 1.29 is 22.7 Å². The fourth-order valence-corrected chi connectivity index (χ4v) is 7.75. The van der Waals surface area contributed by atoms with Crippen LogP contribution in [0.15, 0.2) is 102 Å². The van der Waals surface area contributed by atoms with E-state index in [1.165, 1.54) is 9.21 Å². The zero-order valence-corrected chi connectivity index (χ0v) is 29.0. The summed E-state index contributed by atoms with van der Waals surface area (Å²) in [5.74, 6) is -0.120. The summed E-state index contributed by atoms with van der Waals surface area (Å²) in [6.45, 7) is 5.27. The third-order valence-electron chi connectivity index (χ3n) is 8.84. The highest BCUT2D eigenvalue weighted by atomic mass is 32.2. The molecular formula is C39H45N3O5S. The van der Waals surface area contributed by atoms with E-state index in [1.807, 2.05) is 81.4 Å². The number of aryl methyl sites for hydroxylation is 3. The second kappa shape index (κ2) is 15.5. The number of carbonyl (C=O) groups is 2. The van der Waals surface area contributed by atoms with Crippen molar-refractivity contribution in [1.29, 1.82) is 0 Å². The van der Waals surface area contributed by atoms with Gasteiger partial charge in [0.05, 0.1) is 17.7 Å². The summed E-state index contributed by atoms with van der Waals surface area (Å²) in [5, 5.41) is 3.21. The second-order valence-electron chi connectivity index (χ2n) is 12.7. The molecule has 0 radical (unpaired) electrons. The van der Waals surface area contributed by atoms with Gasteiger partial charge in [-0.2, -0.15) is 0 Å². The minimum absolute atomic E-state index is 0.0400. The Bertz CT molecular complexity index is 1800. The van der Waals surface area contributed by atoms with Gasteiger partial charge in [-0.15, -0.1) is 0 Å². The zero-order chi connectivity index (χ0) is 34.3. The fourth-order valence-electron chi connectivity index (χ4n) is 6.35. The van der Waals surface area contributed by atoms with Crippen molar-refractivity contribution in [2.75, 3.05) is 18.0 Å². The van der Waals surface area contributed by atoms with Crippen molar-refractivity contribution in [3.8, 4) is 5.75 Å². The average Bonchev–Trinajstić information content (AvgIpc) is 3.58. The van der Waals surface area contributed by atoms with E-state index in [1.54, 1.807) is 43.5 Å². The minimum atomic E-state index is -4.17. The Kier molecular flexibility index (Phi) is 11.2. The molecule has 1 unspecified atom stereocenters. The molecule has 1 saturated carbocycles. The molecule has 4 aromatic rings. The lowest BCUT2D eigenvalue weighted by atomic mass is 10.0. The number of amides is 2. The van der Waals surface area contributed by atoms with E-state index in [4.69, 9.17) is 4.74 Å². The number of hydrogen-bond acceptors (Lipinski definition) is 5. The first-order valence-corrected chi connectivity index (χ1v) is 17.9. The molecule has 0 heterocycles. The molecule has 1 atom stereocenters. The minimum Gasteiger partial charge on any atom is -0.497 e. The van der Waals surface area contributed by atoms with Crippen LogP contribution < -0.4 is 14.4 Å². The van der Waals surface area contributed by atoms with Crippen molar-refractivity contribution in [2.24, 2.45) is 0 Å². The van der Waals surface area contributed by atoms with Crippen LogP contribution in [-0.4, -0.2) is 50.9 Å². The van der Waals surface area contributed by atoms with Gasteiger partial charge in [0, 0.05) is 19.0 Å². The molecule has 4 aromatic carbocycles. The summed E-state index contributed by atoms with van der Waals surface area (Å²) in [6, 6.07) is 28.2. The maximum atomic E-state index is 14.8. The van der Waals surface area contributed by atoms with E-state index in [0.29, 0.717) is 11.4 Å². The Hall–Kier alpha value is -4.63. The summed E-state index contributed by atoms with van der Waals surface area (Å²) in [5.41, 5.74) is 4.70. The predicted octanol–water partition coefficient (Wildman–Crippen LogP) is 6.51. The molecule has 0 aliphatic heterocycles. The highest BCUT2D eigenvalue weighted by Crippen LogP contribution is 2.28. The molecule has 1 aliphatic carbocycles. The summed E-state index contributed by atoms with van der Waals surface area (Å²) < 4.78 is 35.3. The lowest BCUT2D eigenvalue weighted by Gasteiger charge is -2.34. The number of methoxy groups -OCH3 is 1. The highest BCUT2D eigenvalue weighted by Gasteiger charge is 2.35. The van der Waals surface area contributed by atoms with Crippen LogP contribution >= 0.6 is 0 Å². The highest BCUT2D eigenvalue weighted by molar-refractivity contribution is 7.92.